The molecule has 10 heteroatoms. The van der Waals surface area contributed by atoms with E-state index in [1.54, 1.807) is 28.9 Å². The summed E-state index contributed by atoms with van der Waals surface area (Å²) >= 11 is 0. The van der Waals surface area contributed by atoms with E-state index in [-0.39, 0.29) is 10.6 Å². The number of anilines is 1. The van der Waals surface area contributed by atoms with E-state index in [2.05, 4.69) is 15.3 Å². The van der Waals surface area contributed by atoms with Crippen LogP contribution in [0.4, 0.5) is 10.2 Å². The number of nitrogens with one attached hydrogen (secondary N) is 1. The maximum absolute atomic E-state index is 14.2. The maximum atomic E-state index is 14.2. The lowest BCUT2D eigenvalue weighted by Gasteiger charge is -2.09. The Hall–Kier alpha value is -3.50. The number of hydrogen-bond donors (Lipinski definition) is 3. The molecule has 0 amide bonds. The van der Waals surface area contributed by atoms with Crippen LogP contribution in [-0.2, 0) is 16.6 Å². The van der Waals surface area contributed by atoms with Crippen molar-refractivity contribution >= 4 is 21.5 Å². The monoisotopic (exact) mass is 413 g/mol. The third-order valence-corrected chi connectivity index (χ3v) is 5.30. The molecule has 0 aliphatic rings. The van der Waals surface area contributed by atoms with Crippen molar-refractivity contribution in [2.24, 2.45) is 5.14 Å². The summed E-state index contributed by atoms with van der Waals surface area (Å²) in [5, 5.41) is 17.6. The van der Waals surface area contributed by atoms with Gasteiger partial charge in [-0.25, -0.2) is 27.9 Å². The lowest BCUT2D eigenvalue weighted by atomic mass is 10.1. The van der Waals surface area contributed by atoms with Crippen molar-refractivity contribution in [3.8, 4) is 17.0 Å². The average molecular weight is 413 g/mol. The van der Waals surface area contributed by atoms with Crippen molar-refractivity contribution in [2.75, 3.05) is 5.32 Å². The summed E-state index contributed by atoms with van der Waals surface area (Å²) < 4.78 is 38.6. The lowest BCUT2D eigenvalue weighted by molar-refractivity contribution is 0.469. The number of hydrogen-bond acceptors (Lipinski definition) is 6. The molecule has 0 fully saturated rings. The first kappa shape index (κ1) is 18.8. The van der Waals surface area contributed by atoms with Gasteiger partial charge in [-0.1, -0.05) is 12.1 Å². The van der Waals surface area contributed by atoms with Gasteiger partial charge in [-0.05, 0) is 29.8 Å². The van der Waals surface area contributed by atoms with Crippen molar-refractivity contribution < 1.29 is 17.9 Å². The normalized spacial score (nSPS) is 11.7. The molecule has 4 rings (SSSR count). The predicted octanol–water partition coefficient (Wildman–Crippen LogP) is 2.50. The second-order valence-corrected chi connectivity index (χ2v) is 7.88. The van der Waals surface area contributed by atoms with E-state index in [1.165, 1.54) is 30.5 Å². The van der Waals surface area contributed by atoms with E-state index < -0.39 is 15.8 Å². The maximum Gasteiger partial charge on any atom is 0.238 e. The van der Waals surface area contributed by atoms with Crippen molar-refractivity contribution in [3.05, 3.63) is 72.4 Å². The van der Waals surface area contributed by atoms with E-state index in [4.69, 9.17) is 5.14 Å². The molecule has 8 nitrogen and oxygen atoms in total. The van der Waals surface area contributed by atoms with Gasteiger partial charge >= 0.3 is 0 Å². The number of nitrogens with zero attached hydrogens (tertiary/aromatic N) is 3. The summed E-state index contributed by atoms with van der Waals surface area (Å²) in [6.45, 7) is 0.368. The largest absolute Gasteiger partial charge is 0.508 e. The molecule has 148 valence electrons. The minimum atomic E-state index is -3.74. The zero-order valence-electron chi connectivity index (χ0n) is 14.9. The number of nitrogens with two attached hydrogens (primary N) is 1. The average Bonchev–Trinajstić information content (AvgIpc) is 3.10. The van der Waals surface area contributed by atoms with Crippen LogP contribution in [-0.4, -0.2) is 27.9 Å². The molecule has 2 heterocycles. The lowest BCUT2D eigenvalue weighted by Crippen LogP contribution is -2.12. The quantitative estimate of drug-likeness (QED) is 0.462. The van der Waals surface area contributed by atoms with E-state index in [0.29, 0.717) is 29.3 Å². The number of aromatic nitrogens is 3. The molecule has 0 aliphatic heterocycles. The number of aromatic hydroxyl groups is 1. The number of phenolic OH excluding ortho intramolecular Hbond substituents is 1. The predicted molar refractivity (Wildman–Crippen MR) is 105 cm³/mol. The highest BCUT2D eigenvalue weighted by molar-refractivity contribution is 7.89. The van der Waals surface area contributed by atoms with E-state index in [1.807, 2.05) is 0 Å². The van der Waals surface area contributed by atoms with Crippen molar-refractivity contribution in [1.29, 1.82) is 0 Å². The van der Waals surface area contributed by atoms with Crippen LogP contribution in [0.3, 0.4) is 0 Å². The number of halogens is 1. The van der Waals surface area contributed by atoms with Gasteiger partial charge in [0.1, 0.15) is 11.6 Å². The van der Waals surface area contributed by atoms with Gasteiger partial charge in [0.25, 0.3) is 0 Å². The fourth-order valence-electron chi connectivity index (χ4n) is 2.94. The SMILES string of the molecule is NS(=O)(=O)c1ccc(CNc2nccn3c(-c4ccc(O)cc4F)cnc23)cc1. The van der Waals surface area contributed by atoms with Gasteiger partial charge in [-0.2, -0.15) is 0 Å². The number of benzene rings is 2. The molecule has 4 N–H and O–H groups in total. The smallest absolute Gasteiger partial charge is 0.238 e. The molecule has 0 spiro atoms. The fraction of sp³-hybridized carbons (Fsp3) is 0.0526. The topological polar surface area (TPSA) is 123 Å². The Balaban J connectivity index is 1.61. The zero-order valence-corrected chi connectivity index (χ0v) is 15.8. The number of phenols is 1. The Labute approximate surface area is 165 Å². The summed E-state index contributed by atoms with van der Waals surface area (Å²) in [5.74, 6) is -0.237. The van der Waals surface area contributed by atoms with Gasteiger partial charge in [0.05, 0.1) is 16.8 Å². The molecule has 0 atom stereocenters. The summed E-state index contributed by atoms with van der Waals surface area (Å²) in [6, 6.07) is 10.1. The van der Waals surface area contributed by atoms with Crippen molar-refractivity contribution in [1.82, 2.24) is 14.4 Å². The van der Waals surface area contributed by atoms with E-state index in [9.17, 15) is 17.9 Å². The molecule has 0 aliphatic carbocycles. The van der Waals surface area contributed by atoms with Gasteiger partial charge in [-0.3, -0.25) is 4.40 Å². The van der Waals surface area contributed by atoms with Crippen LogP contribution < -0.4 is 10.5 Å². The van der Waals surface area contributed by atoms with Gasteiger partial charge in [0.15, 0.2) is 11.5 Å². The number of primary sulfonamides is 1. The van der Waals surface area contributed by atoms with E-state index >= 15 is 0 Å². The van der Waals surface area contributed by atoms with Crippen LogP contribution in [0.2, 0.25) is 0 Å². The molecule has 0 bridgehead atoms. The molecule has 0 saturated heterocycles. The molecule has 2 aromatic heterocycles. The molecule has 0 unspecified atom stereocenters. The Morgan fingerprint density at radius 1 is 1.14 bits per heavy atom. The summed E-state index contributed by atoms with van der Waals surface area (Å²) in [5.41, 5.74) is 2.13. The van der Waals surface area contributed by atoms with Crippen molar-refractivity contribution in [2.45, 2.75) is 11.4 Å². The Morgan fingerprint density at radius 3 is 2.59 bits per heavy atom. The molecule has 0 radical (unpaired) electrons. The Bertz CT molecular complexity index is 1300. The Kier molecular flexibility index (Phi) is 4.65. The van der Waals surface area contributed by atoms with Crippen LogP contribution in [0.1, 0.15) is 5.56 Å². The first-order valence-electron chi connectivity index (χ1n) is 8.49. The molecular formula is C19H16FN5O3S. The Morgan fingerprint density at radius 2 is 1.90 bits per heavy atom. The number of fused-ring (bicyclic) bond motifs is 1. The van der Waals surface area contributed by atoms with Crippen LogP contribution in [0, 0.1) is 5.82 Å². The highest BCUT2D eigenvalue weighted by Crippen LogP contribution is 2.28. The highest BCUT2D eigenvalue weighted by Gasteiger charge is 2.14. The minimum Gasteiger partial charge on any atom is -0.508 e. The zero-order chi connectivity index (χ0) is 20.6. The molecular weight excluding hydrogens is 397 g/mol. The van der Waals surface area contributed by atoms with Crippen LogP contribution >= 0.6 is 0 Å². The number of rotatable bonds is 5. The van der Waals surface area contributed by atoms with E-state index in [0.717, 1.165) is 11.6 Å². The van der Waals surface area contributed by atoms with Crippen LogP contribution in [0.15, 0.2) is 66.0 Å². The number of imidazole rings is 1. The minimum absolute atomic E-state index is 0.0373. The molecule has 0 saturated carbocycles. The third-order valence-electron chi connectivity index (χ3n) is 4.37. The van der Waals surface area contributed by atoms with Gasteiger partial charge < -0.3 is 10.4 Å². The van der Waals surface area contributed by atoms with Gasteiger partial charge in [0, 0.05) is 30.6 Å². The number of sulfonamides is 1. The second kappa shape index (κ2) is 7.15. The van der Waals surface area contributed by atoms with Crippen LogP contribution in [0.25, 0.3) is 16.9 Å². The molecule has 2 aromatic carbocycles. The van der Waals surface area contributed by atoms with Crippen molar-refractivity contribution in [3.63, 3.8) is 0 Å². The summed E-state index contributed by atoms with van der Waals surface area (Å²) in [7, 11) is -3.74. The first-order chi connectivity index (χ1) is 13.8. The standard InChI is InChI=1S/C19H16FN5O3S/c20-16-9-13(26)3-6-15(16)17-11-24-19-18(22-7-8-25(17)19)23-10-12-1-4-14(5-2-12)29(21,27)28/h1-9,11,26H,10H2,(H,22,23)(H2,21,27,28). The first-order valence-corrected chi connectivity index (χ1v) is 10.0. The summed E-state index contributed by atoms with van der Waals surface area (Å²) in [6.07, 6.45) is 4.75. The fourth-order valence-corrected chi connectivity index (χ4v) is 3.45. The van der Waals surface area contributed by atoms with Gasteiger partial charge in [-0.15, -0.1) is 0 Å². The van der Waals surface area contributed by atoms with Gasteiger partial charge in [0.2, 0.25) is 10.0 Å². The van der Waals surface area contributed by atoms with Crippen LogP contribution in [0.5, 0.6) is 5.75 Å². The summed E-state index contributed by atoms with van der Waals surface area (Å²) in [4.78, 5) is 8.65. The molecule has 4 aromatic rings. The molecule has 29 heavy (non-hydrogen) atoms. The second-order valence-electron chi connectivity index (χ2n) is 6.32. The third kappa shape index (κ3) is 3.75. The highest BCUT2D eigenvalue weighted by atomic mass is 32.2.